The zero-order valence-corrected chi connectivity index (χ0v) is 23.5. The molecule has 0 saturated carbocycles. The molecular formula is C27H32Cl2FN5O5. The average molecular weight is 596 g/mol. The summed E-state index contributed by atoms with van der Waals surface area (Å²) in [4.78, 5) is 24.0. The second-order valence-electron chi connectivity index (χ2n) is 9.31. The number of unbranched alkanes of at least 4 members (excludes halogenated alkanes) is 1. The number of nitrogens with one attached hydrogen (secondary N) is 1. The predicted molar refractivity (Wildman–Crippen MR) is 150 cm³/mol. The zero-order chi connectivity index (χ0) is 29.2. The van der Waals surface area contributed by atoms with Gasteiger partial charge in [-0.2, -0.15) is 5.10 Å². The molecule has 1 atom stereocenters. The minimum absolute atomic E-state index is 0.0628. The molecule has 0 bridgehead atoms. The summed E-state index contributed by atoms with van der Waals surface area (Å²) >= 11 is 12.3. The molecule has 0 radical (unpaired) electrons. The fraction of sp³-hybridized carbons (Fsp3) is 0.407. The largest absolute Gasteiger partial charge is 0.482 e. The third-order valence-electron chi connectivity index (χ3n) is 6.32. The lowest BCUT2D eigenvalue weighted by molar-refractivity contribution is -0.139. The molecule has 216 valence electrons. The van der Waals surface area contributed by atoms with Gasteiger partial charge in [-0.3, -0.25) is 14.3 Å². The number of pyridine rings is 1. The zero-order valence-electron chi connectivity index (χ0n) is 21.9. The molecular weight excluding hydrogens is 564 g/mol. The Hall–Kier alpha value is -3.41. The van der Waals surface area contributed by atoms with Gasteiger partial charge in [-0.05, 0) is 63.9 Å². The Bertz CT molecular complexity index is 1300. The maximum absolute atomic E-state index is 13.9. The van der Waals surface area contributed by atoms with Crippen LogP contribution >= 0.6 is 23.2 Å². The van der Waals surface area contributed by atoms with Gasteiger partial charge in [-0.1, -0.05) is 23.2 Å². The van der Waals surface area contributed by atoms with Crippen LogP contribution in [0.3, 0.4) is 0 Å². The monoisotopic (exact) mass is 595 g/mol. The molecule has 0 aliphatic carbocycles. The summed E-state index contributed by atoms with van der Waals surface area (Å²) in [6.07, 6.45) is 7.98. The molecule has 10 nitrogen and oxygen atoms in total. The molecule has 40 heavy (non-hydrogen) atoms. The number of piperidine rings is 1. The van der Waals surface area contributed by atoms with E-state index in [1.54, 1.807) is 19.2 Å². The van der Waals surface area contributed by atoms with E-state index in [0.29, 0.717) is 35.2 Å². The van der Waals surface area contributed by atoms with Crippen LogP contribution in [0.4, 0.5) is 10.2 Å². The van der Waals surface area contributed by atoms with E-state index < -0.39 is 23.9 Å². The lowest BCUT2D eigenvalue weighted by atomic mass is 10.1. The van der Waals surface area contributed by atoms with Crippen LogP contribution in [0.15, 0.2) is 36.8 Å². The summed E-state index contributed by atoms with van der Waals surface area (Å²) in [6.45, 7) is 3.71. The summed E-state index contributed by atoms with van der Waals surface area (Å²) in [6, 6.07) is 4.85. The highest BCUT2D eigenvalue weighted by Crippen LogP contribution is 2.37. The highest BCUT2D eigenvalue weighted by atomic mass is 35.5. The van der Waals surface area contributed by atoms with E-state index in [2.05, 4.69) is 15.4 Å². The molecule has 0 unspecified atom stereocenters. The van der Waals surface area contributed by atoms with E-state index in [4.69, 9.17) is 43.9 Å². The second-order valence-corrected chi connectivity index (χ2v) is 10.1. The molecule has 1 aliphatic heterocycles. The summed E-state index contributed by atoms with van der Waals surface area (Å²) in [5.74, 6) is -1.71. The quantitative estimate of drug-likeness (QED) is 0.169. The van der Waals surface area contributed by atoms with Crippen LogP contribution in [0, 0.1) is 5.82 Å². The number of hydrogen-bond acceptors (Lipinski definition) is 7. The van der Waals surface area contributed by atoms with Gasteiger partial charge in [0, 0.05) is 46.9 Å². The molecule has 1 aromatic carbocycles. The van der Waals surface area contributed by atoms with Crippen molar-refractivity contribution in [1.29, 1.82) is 0 Å². The van der Waals surface area contributed by atoms with Crippen molar-refractivity contribution in [2.75, 3.05) is 18.8 Å². The van der Waals surface area contributed by atoms with Crippen molar-refractivity contribution in [3.63, 3.8) is 0 Å². The molecule has 3 heterocycles. The Labute approximate surface area is 241 Å². The summed E-state index contributed by atoms with van der Waals surface area (Å²) in [7, 11) is 0. The van der Waals surface area contributed by atoms with Crippen molar-refractivity contribution < 1.29 is 28.9 Å². The summed E-state index contributed by atoms with van der Waals surface area (Å²) in [5.41, 5.74) is 8.12. The number of aromatic nitrogens is 3. The first-order chi connectivity index (χ1) is 19.1. The lowest BCUT2D eigenvalue weighted by Crippen LogP contribution is -2.29. The normalized spacial score (nSPS) is 14.2. The van der Waals surface area contributed by atoms with Gasteiger partial charge >= 0.3 is 11.9 Å². The maximum atomic E-state index is 13.9. The Morgan fingerprint density at radius 1 is 1.15 bits per heavy atom. The first kappa shape index (κ1) is 31.1. The van der Waals surface area contributed by atoms with Crippen LogP contribution in [-0.4, -0.2) is 50.0 Å². The van der Waals surface area contributed by atoms with Gasteiger partial charge in [0.15, 0.2) is 11.6 Å². The lowest BCUT2D eigenvalue weighted by Gasteiger charge is -2.22. The first-order valence-corrected chi connectivity index (χ1v) is 13.6. The second kappa shape index (κ2) is 14.8. The number of carbonyl (C=O) groups is 2. The predicted octanol–water partition coefficient (Wildman–Crippen LogP) is 5.75. The van der Waals surface area contributed by atoms with Crippen molar-refractivity contribution in [3.05, 3.63) is 58.2 Å². The highest BCUT2D eigenvalue weighted by molar-refractivity contribution is 6.36. The van der Waals surface area contributed by atoms with E-state index in [0.717, 1.165) is 37.1 Å². The van der Waals surface area contributed by atoms with Crippen molar-refractivity contribution in [2.45, 2.75) is 57.6 Å². The minimum atomic E-state index is -0.870. The van der Waals surface area contributed by atoms with Gasteiger partial charge in [0.25, 0.3) is 0 Å². The number of aliphatic carboxylic acids is 2. The molecule has 1 saturated heterocycles. The Kier molecular flexibility index (Phi) is 11.5. The molecule has 13 heteroatoms. The van der Waals surface area contributed by atoms with Crippen molar-refractivity contribution >= 4 is 41.0 Å². The molecule has 5 N–H and O–H groups in total. The van der Waals surface area contributed by atoms with Crippen molar-refractivity contribution in [2.24, 2.45) is 0 Å². The SMILES string of the molecule is C[C@@H](Oc1cc(-c2cnn(C3CCNCC3)c2)cnc1N)c1c(Cl)ccc(F)c1Cl.O=C(O)CCCCC(=O)O. The maximum Gasteiger partial charge on any atom is 0.303 e. The Balaban J connectivity index is 0.000000378. The number of ether oxygens (including phenoxy) is 1. The third kappa shape index (κ3) is 8.80. The topological polar surface area (TPSA) is 153 Å². The van der Waals surface area contributed by atoms with E-state index in [1.807, 2.05) is 17.1 Å². The molecule has 1 aliphatic rings. The molecule has 0 amide bonds. The first-order valence-electron chi connectivity index (χ1n) is 12.8. The molecule has 4 rings (SSSR count). The van der Waals surface area contributed by atoms with Crippen LogP contribution in [0.2, 0.25) is 10.0 Å². The number of halogens is 3. The van der Waals surface area contributed by atoms with E-state index in [-0.39, 0.29) is 23.7 Å². The third-order valence-corrected chi connectivity index (χ3v) is 7.03. The number of benzene rings is 1. The number of rotatable bonds is 10. The van der Waals surface area contributed by atoms with E-state index in [9.17, 15) is 14.0 Å². The van der Waals surface area contributed by atoms with E-state index in [1.165, 1.54) is 12.1 Å². The van der Waals surface area contributed by atoms with Gasteiger partial charge in [0.05, 0.1) is 17.3 Å². The van der Waals surface area contributed by atoms with Gasteiger partial charge in [0.1, 0.15) is 11.9 Å². The number of hydrogen-bond donors (Lipinski definition) is 4. The number of nitrogens with two attached hydrogens (primary N) is 1. The fourth-order valence-electron chi connectivity index (χ4n) is 4.18. The van der Waals surface area contributed by atoms with Crippen molar-refractivity contribution in [1.82, 2.24) is 20.1 Å². The Morgan fingerprint density at radius 3 is 2.42 bits per heavy atom. The van der Waals surface area contributed by atoms with E-state index >= 15 is 0 Å². The number of nitrogens with zero attached hydrogens (tertiary/aromatic N) is 3. The molecule has 1 fully saturated rings. The molecule has 2 aromatic heterocycles. The standard InChI is InChI=1S/C21H22Cl2FN5O.C6H10O4/c1-12(19-16(22)2-3-17(24)20(19)23)30-18-8-13(9-27-21(18)25)14-10-28-29(11-14)15-4-6-26-7-5-15;7-5(8)3-1-2-4-6(9)10/h2-3,8-12,15,26H,4-7H2,1H3,(H2,25,27);1-4H2,(H,7,8)(H,9,10)/t12-;/m1./s1. The summed E-state index contributed by atoms with van der Waals surface area (Å²) < 4.78 is 21.9. The van der Waals surface area contributed by atoms with Crippen LogP contribution in [-0.2, 0) is 9.59 Å². The minimum Gasteiger partial charge on any atom is -0.482 e. The number of carboxylic acids is 2. The highest BCUT2D eigenvalue weighted by Gasteiger charge is 2.21. The van der Waals surface area contributed by atoms with Gasteiger partial charge < -0.3 is 26.0 Å². The van der Waals surface area contributed by atoms with Crippen LogP contribution in [0.5, 0.6) is 5.75 Å². The number of carboxylic acid groups (broad SMARTS) is 2. The van der Waals surface area contributed by atoms with Crippen molar-refractivity contribution in [3.8, 4) is 16.9 Å². The van der Waals surface area contributed by atoms with Crippen LogP contribution < -0.4 is 15.8 Å². The fourth-order valence-corrected chi connectivity index (χ4v) is 4.86. The Morgan fingerprint density at radius 2 is 1.80 bits per heavy atom. The van der Waals surface area contributed by atoms with Crippen LogP contribution in [0.1, 0.15) is 63.2 Å². The summed E-state index contributed by atoms with van der Waals surface area (Å²) in [5, 5.41) is 24.4. The molecule has 0 spiro atoms. The van der Waals surface area contributed by atoms with Gasteiger partial charge in [-0.15, -0.1) is 0 Å². The molecule has 3 aromatic rings. The smallest absolute Gasteiger partial charge is 0.303 e. The number of nitrogen functional groups attached to an aromatic ring is 1. The number of anilines is 1. The van der Waals surface area contributed by atoms with Gasteiger partial charge in [0.2, 0.25) is 0 Å². The van der Waals surface area contributed by atoms with Gasteiger partial charge in [-0.25, -0.2) is 9.37 Å². The van der Waals surface area contributed by atoms with Crippen LogP contribution in [0.25, 0.3) is 11.1 Å². The average Bonchev–Trinajstić information content (AvgIpc) is 3.41.